The number of nitrogens with zero attached hydrogens (tertiary/aromatic N) is 1. The zero-order chi connectivity index (χ0) is 25.5. The van der Waals surface area contributed by atoms with Gasteiger partial charge in [-0.3, -0.25) is 14.5 Å². The van der Waals surface area contributed by atoms with Crippen LogP contribution >= 0.6 is 0 Å². The summed E-state index contributed by atoms with van der Waals surface area (Å²) in [6, 6.07) is 18.0. The van der Waals surface area contributed by atoms with E-state index in [4.69, 9.17) is 14.2 Å². The Morgan fingerprint density at radius 2 is 1.58 bits per heavy atom. The van der Waals surface area contributed by atoms with Gasteiger partial charge in [-0.25, -0.2) is 0 Å². The first-order valence-corrected chi connectivity index (χ1v) is 11.8. The molecule has 0 aliphatic carbocycles. The summed E-state index contributed by atoms with van der Waals surface area (Å²) in [5.41, 5.74) is 4.15. The minimum atomic E-state index is -0.293. The van der Waals surface area contributed by atoms with Crippen molar-refractivity contribution >= 4 is 23.2 Å². The van der Waals surface area contributed by atoms with Gasteiger partial charge in [-0.2, -0.15) is 0 Å². The number of rotatable bonds is 8. The predicted molar refractivity (Wildman–Crippen MR) is 139 cm³/mol. The first kappa shape index (κ1) is 25.2. The molecule has 2 amide bonds. The largest absolute Gasteiger partial charge is 0.493 e. The van der Waals surface area contributed by atoms with Crippen LogP contribution in [-0.2, 0) is 11.3 Å². The van der Waals surface area contributed by atoms with E-state index in [-0.39, 0.29) is 11.8 Å². The number of ether oxygens (including phenoxy) is 3. The fourth-order valence-corrected chi connectivity index (χ4v) is 4.04. The lowest BCUT2D eigenvalue weighted by atomic mass is 10.1. The van der Waals surface area contributed by atoms with Crippen LogP contribution < -0.4 is 20.1 Å². The quantitative estimate of drug-likeness (QED) is 0.489. The SMILES string of the molecule is COc1ccc(C(=O)Nc2cc(NC(=O)c3cccc(CN4CCOCC4)c3)ccc2C)cc1OC. The molecule has 0 atom stereocenters. The molecule has 3 aromatic carbocycles. The molecule has 1 saturated heterocycles. The van der Waals surface area contributed by atoms with E-state index >= 15 is 0 Å². The van der Waals surface area contributed by atoms with Gasteiger partial charge in [0.05, 0.1) is 27.4 Å². The molecule has 0 unspecified atom stereocenters. The van der Waals surface area contributed by atoms with E-state index in [1.807, 2.05) is 37.3 Å². The van der Waals surface area contributed by atoms with Gasteiger partial charge in [-0.15, -0.1) is 0 Å². The molecule has 0 spiro atoms. The van der Waals surface area contributed by atoms with E-state index in [0.717, 1.165) is 44.0 Å². The predicted octanol–water partition coefficient (Wildman–Crippen LogP) is 4.35. The van der Waals surface area contributed by atoms with E-state index < -0.39 is 0 Å². The summed E-state index contributed by atoms with van der Waals surface area (Å²) >= 11 is 0. The number of morpholine rings is 1. The molecule has 0 bridgehead atoms. The van der Waals surface area contributed by atoms with Gasteiger partial charge in [0.25, 0.3) is 11.8 Å². The fraction of sp³-hybridized carbons (Fsp3) is 0.286. The summed E-state index contributed by atoms with van der Waals surface area (Å²) in [4.78, 5) is 28.2. The highest BCUT2D eigenvalue weighted by Crippen LogP contribution is 2.28. The van der Waals surface area contributed by atoms with Crippen molar-refractivity contribution in [3.05, 3.63) is 82.9 Å². The van der Waals surface area contributed by atoms with Crippen LogP contribution in [0.15, 0.2) is 60.7 Å². The summed E-state index contributed by atoms with van der Waals surface area (Å²) in [5.74, 6) is 0.515. The molecule has 1 aliphatic rings. The maximum atomic E-state index is 13.0. The van der Waals surface area contributed by atoms with E-state index in [1.54, 1.807) is 37.4 Å². The van der Waals surface area contributed by atoms with E-state index in [0.29, 0.717) is 34.0 Å². The van der Waals surface area contributed by atoms with Crippen LogP contribution in [0.25, 0.3) is 0 Å². The number of carbonyl (C=O) groups is 2. The van der Waals surface area contributed by atoms with Crippen LogP contribution in [0.3, 0.4) is 0 Å². The second kappa shape index (κ2) is 11.7. The highest BCUT2D eigenvalue weighted by atomic mass is 16.5. The molecule has 2 N–H and O–H groups in total. The number of hydrogen-bond acceptors (Lipinski definition) is 6. The van der Waals surface area contributed by atoms with Crippen molar-refractivity contribution in [1.29, 1.82) is 0 Å². The van der Waals surface area contributed by atoms with Crippen LogP contribution in [0.5, 0.6) is 11.5 Å². The van der Waals surface area contributed by atoms with Crippen LogP contribution in [0.1, 0.15) is 31.8 Å². The van der Waals surface area contributed by atoms with Crippen LogP contribution in [0.2, 0.25) is 0 Å². The lowest BCUT2D eigenvalue weighted by Gasteiger charge is -2.26. The van der Waals surface area contributed by atoms with Crippen molar-refractivity contribution in [1.82, 2.24) is 4.90 Å². The Hall–Kier alpha value is -3.88. The average Bonchev–Trinajstić information content (AvgIpc) is 2.90. The molecule has 3 aromatic rings. The van der Waals surface area contributed by atoms with E-state index in [1.165, 1.54) is 7.11 Å². The minimum Gasteiger partial charge on any atom is -0.493 e. The summed E-state index contributed by atoms with van der Waals surface area (Å²) in [7, 11) is 3.06. The van der Waals surface area contributed by atoms with Crippen molar-refractivity contribution in [2.24, 2.45) is 0 Å². The topological polar surface area (TPSA) is 89.1 Å². The van der Waals surface area contributed by atoms with Gasteiger partial charge < -0.3 is 24.8 Å². The molecule has 188 valence electrons. The maximum absolute atomic E-state index is 13.0. The fourth-order valence-electron chi connectivity index (χ4n) is 4.04. The number of nitrogens with one attached hydrogen (secondary N) is 2. The number of hydrogen-bond donors (Lipinski definition) is 2. The number of carbonyl (C=O) groups excluding carboxylic acids is 2. The summed E-state index contributed by atoms with van der Waals surface area (Å²) in [6.07, 6.45) is 0. The molecule has 1 aliphatic heterocycles. The summed E-state index contributed by atoms with van der Waals surface area (Å²) in [6.45, 7) is 5.92. The molecule has 1 fully saturated rings. The number of anilines is 2. The highest BCUT2D eigenvalue weighted by molar-refractivity contribution is 6.07. The van der Waals surface area contributed by atoms with Gasteiger partial charge in [0.2, 0.25) is 0 Å². The van der Waals surface area contributed by atoms with Gasteiger partial charge in [0.1, 0.15) is 0 Å². The molecular formula is C28H31N3O5. The number of methoxy groups -OCH3 is 2. The normalized spacial score (nSPS) is 13.6. The molecule has 0 aromatic heterocycles. The second-order valence-corrected chi connectivity index (χ2v) is 8.60. The van der Waals surface area contributed by atoms with Crippen molar-refractivity contribution < 1.29 is 23.8 Å². The molecule has 8 heteroatoms. The van der Waals surface area contributed by atoms with Gasteiger partial charge >= 0.3 is 0 Å². The van der Waals surface area contributed by atoms with E-state index in [2.05, 4.69) is 15.5 Å². The maximum Gasteiger partial charge on any atom is 0.255 e. The highest BCUT2D eigenvalue weighted by Gasteiger charge is 2.15. The third kappa shape index (κ3) is 6.21. The Morgan fingerprint density at radius 3 is 2.33 bits per heavy atom. The Balaban J connectivity index is 1.44. The van der Waals surface area contributed by atoms with Gasteiger partial charge in [-0.05, 0) is 60.5 Å². The zero-order valence-corrected chi connectivity index (χ0v) is 20.8. The van der Waals surface area contributed by atoms with Crippen molar-refractivity contribution in [3.63, 3.8) is 0 Å². The molecule has 8 nitrogen and oxygen atoms in total. The first-order chi connectivity index (χ1) is 17.5. The molecular weight excluding hydrogens is 458 g/mol. The van der Waals surface area contributed by atoms with Crippen molar-refractivity contribution in [2.75, 3.05) is 51.2 Å². The number of benzene rings is 3. The van der Waals surface area contributed by atoms with Crippen molar-refractivity contribution in [3.8, 4) is 11.5 Å². The standard InChI is InChI=1S/C28H31N3O5/c1-19-7-9-23(17-24(19)30-28(33)22-8-10-25(34-2)26(16-22)35-3)29-27(32)21-6-4-5-20(15-21)18-31-11-13-36-14-12-31/h4-10,15-17H,11-14,18H2,1-3H3,(H,29,32)(H,30,33). The van der Waals surface area contributed by atoms with Gasteiger partial charge in [0.15, 0.2) is 11.5 Å². The third-order valence-electron chi connectivity index (χ3n) is 6.09. The van der Waals surface area contributed by atoms with Crippen LogP contribution in [0, 0.1) is 6.92 Å². The van der Waals surface area contributed by atoms with Crippen LogP contribution in [0.4, 0.5) is 11.4 Å². The average molecular weight is 490 g/mol. The molecule has 4 rings (SSSR count). The Labute approximate surface area is 211 Å². The smallest absolute Gasteiger partial charge is 0.255 e. The third-order valence-corrected chi connectivity index (χ3v) is 6.09. The zero-order valence-electron chi connectivity index (χ0n) is 20.8. The van der Waals surface area contributed by atoms with Crippen LogP contribution in [-0.4, -0.2) is 57.2 Å². The molecule has 36 heavy (non-hydrogen) atoms. The van der Waals surface area contributed by atoms with E-state index in [9.17, 15) is 9.59 Å². The Morgan fingerprint density at radius 1 is 0.861 bits per heavy atom. The summed E-state index contributed by atoms with van der Waals surface area (Å²) in [5, 5.41) is 5.86. The van der Waals surface area contributed by atoms with Crippen molar-refractivity contribution in [2.45, 2.75) is 13.5 Å². The molecule has 1 heterocycles. The lowest BCUT2D eigenvalue weighted by molar-refractivity contribution is 0.0342. The molecule has 0 saturated carbocycles. The first-order valence-electron chi connectivity index (χ1n) is 11.8. The number of amides is 2. The second-order valence-electron chi connectivity index (χ2n) is 8.60. The number of aryl methyl sites for hydroxylation is 1. The lowest BCUT2D eigenvalue weighted by Crippen LogP contribution is -2.35. The Kier molecular flexibility index (Phi) is 8.20. The van der Waals surface area contributed by atoms with Gasteiger partial charge in [0, 0.05) is 42.1 Å². The monoisotopic (exact) mass is 489 g/mol. The minimum absolute atomic E-state index is 0.208. The van der Waals surface area contributed by atoms with Gasteiger partial charge in [-0.1, -0.05) is 18.2 Å². The summed E-state index contributed by atoms with van der Waals surface area (Å²) < 4.78 is 15.9. The molecule has 0 radical (unpaired) electrons. The Bertz CT molecular complexity index is 1240.